The Hall–Kier alpha value is -2.66. The quantitative estimate of drug-likeness (QED) is 0.512. The van der Waals surface area contributed by atoms with Gasteiger partial charge in [-0.25, -0.2) is 0 Å². The van der Waals surface area contributed by atoms with Gasteiger partial charge in [-0.2, -0.15) is 13.2 Å². The molecule has 0 aliphatic rings. The van der Waals surface area contributed by atoms with E-state index in [1.807, 2.05) is 0 Å². The molecule has 7 nitrogen and oxygen atoms in total. The van der Waals surface area contributed by atoms with Crippen LogP contribution in [0.2, 0.25) is 5.02 Å². The molecule has 166 valence electrons. The third-order valence-electron chi connectivity index (χ3n) is 4.37. The van der Waals surface area contributed by atoms with Gasteiger partial charge in [0.25, 0.3) is 0 Å². The van der Waals surface area contributed by atoms with Crippen molar-refractivity contribution in [3.8, 4) is 11.5 Å². The number of fused-ring (bicyclic) bond motifs is 1. The van der Waals surface area contributed by atoms with E-state index in [1.165, 1.54) is 14.2 Å². The molecule has 0 spiro atoms. The van der Waals surface area contributed by atoms with Crippen LogP contribution in [0.4, 0.5) is 13.2 Å². The minimum Gasteiger partial charge on any atom is -0.497 e. The summed E-state index contributed by atoms with van der Waals surface area (Å²) in [6.45, 7) is 1.78. The molecule has 0 bridgehead atoms. The van der Waals surface area contributed by atoms with Gasteiger partial charge in [-0.05, 0) is 31.2 Å². The van der Waals surface area contributed by atoms with Crippen LogP contribution in [-0.2, 0) is 11.0 Å². The van der Waals surface area contributed by atoms with Gasteiger partial charge in [0, 0.05) is 11.8 Å². The molecule has 12 heteroatoms. The number of nitrogens with one attached hydrogen (secondary N) is 1. The van der Waals surface area contributed by atoms with Crippen LogP contribution in [0.3, 0.4) is 0 Å². The summed E-state index contributed by atoms with van der Waals surface area (Å²) < 4.78 is 50.9. The Balaban J connectivity index is 1.73. The smallest absolute Gasteiger partial charge is 0.417 e. The predicted molar refractivity (Wildman–Crippen MR) is 110 cm³/mol. The maximum absolute atomic E-state index is 13.1. The van der Waals surface area contributed by atoms with Crippen LogP contribution in [0.5, 0.6) is 11.5 Å². The third-order valence-corrected chi connectivity index (χ3v) is 5.59. The molecule has 3 rings (SSSR count). The molecular weight excluding hydrogens is 457 g/mol. The first-order chi connectivity index (χ1) is 14.6. The van der Waals surface area contributed by atoms with Crippen molar-refractivity contribution in [2.75, 3.05) is 20.0 Å². The Labute approximate surface area is 184 Å². The SMILES string of the molecule is COc1ccc(OC)c(C(C)NC(=O)CSc2nnc3c(Cl)cc(C(F)(F)F)cn23)c1. The molecule has 1 N–H and O–H groups in total. The molecule has 2 aromatic heterocycles. The summed E-state index contributed by atoms with van der Waals surface area (Å²) in [6.07, 6.45) is -3.72. The van der Waals surface area contributed by atoms with Crippen molar-refractivity contribution in [3.05, 3.63) is 46.6 Å². The van der Waals surface area contributed by atoms with Gasteiger partial charge in [-0.1, -0.05) is 23.4 Å². The van der Waals surface area contributed by atoms with Gasteiger partial charge in [-0.3, -0.25) is 9.20 Å². The normalized spacial score (nSPS) is 12.6. The Bertz CT molecular complexity index is 1110. The first-order valence-electron chi connectivity index (χ1n) is 8.89. The van der Waals surface area contributed by atoms with E-state index in [-0.39, 0.29) is 27.5 Å². The first kappa shape index (κ1) is 23.0. The third kappa shape index (κ3) is 5.16. The van der Waals surface area contributed by atoms with E-state index in [4.69, 9.17) is 21.1 Å². The van der Waals surface area contributed by atoms with Gasteiger partial charge in [0.1, 0.15) is 11.5 Å². The molecule has 3 aromatic rings. The largest absolute Gasteiger partial charge is 0.497 e. The summed E-state index contributed by atoms with van der Waals surface area (Å²) in [5, 5.41) is 10.4. The number of alkyl halides is 3. The van der Waals surface area contributed by atoms with Gasteiger partial charge >= 0.3 is 6.18 Å². The molecule has 0 aliphatic heterocycles. The lowest BCUT2D eigenvalue weighted by Gasteiger charge is -2.18. The standard InChI is InChI=1S/C19H18ClF3N4O3S/c1-10(13-7-12(29-2)4-5-15(13)30-3)24-16(28)9-31-18-26-25-17-14(20)6-11(8-27(17)18)19(21,22)23/h4-8,10H,9H2,1-3H3,(H,24,28). The lowest BCUT2D eigenvalue weighted by Crippen LogP contribution is -2.28. The molecule has 0 fully saturated rings. The van der Waals surface area contributed by atoms with Gasteiger partial charge in [-0.15, -0.1) is 10.2 Å². The highest BCUT2D eigenvalue weighted by Gasteiger charge is 2.32. The predicted octanol–water partition coefficient (Wildman–Crippen LogP) is 4.39. The highest BCUT2D eigenvalue weighted by atomic mass is 35.5. The van der Waals surface area contributed by atoms with E-state index < -0.39 is 17.8 Å². The second-order valence-electron chi connectivity index (χ2n) is 6.44. The Morgan fingerprint density at radius 2 is 2.00 bits per heavy atom. The van der Waals surface area contributed by atoms with E-state index in [0.717, 1.165) is 34.0 Å². The lowest BCUT2D eigenvalue weighted by molar-refractivity contribution is -0.137. The Kier molecular flexibility index (Phi) is 6.85. The number of benzene rings is 1. The number of hydrogen-bond donors (Lipinski definition) is 1. The number of thioether (sulfide) groups is 1. The van der Waals surface area contributed by atoms with E-state index in [9.17, 15) is 18.0 Å². The van der Waals surface area contributed by atoms with Gasteiger partial charge in [0.15, 0.2) is 10.8 Å². The summed E-state index contributed by atoms with van der Waals surface area (Å²) in [6, 6.07) is 5.61. The van der Waals surface area contributed by atoms with Crippen LogP contribution in [0, 0.1) is 0 Å². The molecule has 1 aromatic carbocycles. The number of ether oxygens (including phenoxy) is 2. The maximum Gasteiger partial charge on any atom is 0.417 e. The molecule has 0 aliphatic carbocycles. The van der Waals surface area contributed by atoms with Gasteiger partial charge in [0.05, 0.1) is 36.6 Å². The minimum absolute atomic E-state index is 0.0760. The topological polar surface area (TPSA) is 77.8 Å². The molecule has 0 saturated heterocycles. The summed E-state index contributed by atoms with van der Waals surface area (Å²) in [5.74, 6) is 0.750. The first-order valence-corrected chi connectivity index (χ1v) is 10.3. The van der Waals surface area contributed by atoms with E-state index in [0.29, 0.717) is 11.5 Å². The Morgan fingerprint density at radius 1 is 1.26 bits per heavy atom. The number of carbonyl (C=O) groups is 1. The number of pyridine rings is 1. The monoisotopic (exact) mass is 474 g/mol. The molecule has 1 unspecified atom stereocenters. The van der Waals surface area contributed by atoms with Crippen LogP contribution >= 0.6 is 23.4 Å². The fraction of sp³-hybridized carbons (Fsp3) is 0.316. The second kappa shape index (κ2) is 9.23. The average Bonchev–Trinajstić information content (AvgIpc) is 3.14. The van der Waals surface area contributed by atoms with Crippen molar-refractivity contribution in [2.24, 2.45) is 0 Å². The number of amides is 1. The molecule has 0 saturated carbocycles. The molecule has 31 heavy (non-hydrogen) atoms. The molecule has 0 radical (unpaired) electrons. The van der Waals surface area contributed by atoms with Crippen molar-refractivity contribution < 1.29 is 27.4 Å². The van der Waals surface area contributed by atoms with E-state index >= 15 is 0 Å². The van der Waals surface area contributed by atoms with Crippen molar-refractivity contribution in [2.45, 2.75) is 24.3 Å². The van der Waals surface area contributed by atoms with Crippen LogP contribution in [0.25, 0.3) is 5.65 Å². The van der Waals surface area contributed by atoms with Crippen LogP contribution in [-0.4, -0.2) is 40.5 Å². The second-order valence-corrected chi connectivity index (χ2v) is 7.79. The molecule has 1 amide bonds. The fourth-order valence-corrected chi connectivity index (χ4v) is 3.82. The summed E-state index contributed by atoms with van der Waals surface area (Å²) in [7, 11) is 3.05. The van der Waals surface area contributed by atoms with Crippen LogP contribution in [0.15, 0.2) is 35.6 Å². The van der Waals surface area contributed by atoms with Crippen molar-refractivity contribution in [1.82, 2.24) is 19.9 Å². The number of hydrogen-bond acceptors (Lipinski definition) is 6. The number of rotatable bonds is 7. The Morgan fingerprint density at radius 3 is 2.65 bits per heavy atom. The highest BCUT2D eigenvalue weighted by Crippen LogP contribution is 2.33. The zero-order chi connectivity index (χ0) is 22.8. The molecule has 1 atom stereocenters. The molecular formula is C19H18ClF3N4O3S. The zero-order valence-corrected chi connectivity index (χ0v) is 18.2. The highest BCUT2D eigenvalue weighted by molar-refractivity contribution is 7.99. The van der Waals surface area contributed by atoms with Crippen LogP contribution in [0.1, 0.15) is 24.1 Å². The molecule has 2 heterocycles. The summed E-state index contributed by atoms with van der Waals surface area (Å²) in [4.78, 5) is 12.4. The number of nitrogens with zero attached hydrogens (tertiary/aromatic N) is 3. The number of halogens is 4. The number of carbonyl (C=O) groups excluding carboxylic acids is 1. The van der Waals surface area contributed by atoms with Gasteiger partial charge in [0.2, 0.25) is 5.91 Å². The van der Waals surface area contributed by atoms with Gasteiger partial charge < -0.3 is 14.8 Å². The minimum atomic E-state index is -4.58. The number of methoxy groups -OCH3 is 2. The van der Waals surface area contributed by atoms with E-state index in [1.54, 1.807) is 25.1 Å². The van der Waals surface area contributed by atoms with Crippen molar-refractivity contribution >= 4 is 34.9 Å². The van der Waals surface area contributed by atoms with Crippen molar-refractivity contribution in [1.29, 1.82) is 0 Å². The lowest BCUT2D eigenvalue weighted by atomic mass is 10.1. The van der Waals surface area contributed by atoms with Crippen LogP contribution < -0.4 is 14.8 Å². The summed E-state index contributed by atoms with van der Waals surface area (Å²) in [5.41, 5.74) is -0.142. The van der Waals surface area contributed by atoms with Crippen molar-refractivity contribution in [3.63, 3.8) is 0 Å². The maximum atomic E-state index is 13.1. The average molecular weight is 475 g/mol. The summed E-state index contributed by atoms with van der Waals surface area (Å²) >= 11 is 6.84. The fourth-order valence-electron chi connectivity index (χ4n) is 2.86. The van der Waals surface area contributed by atoms with E-state index in [2.05, 4.69) is 15.5 Å². The number of aromatic nitrogens is 3. The zero-order valence-electron chi connectivity index (χ0n) is 16.7.